The number of hydrogen-bond acceptors (Lipinski definition) is 3. The number of halogens is 1. The molecule has 0 bridgehead atoms. The van der Waals surface area contributed by atoms with Gasteiger partial charge < -0.3 is 14.8 Å². The average molecular weight is 358 g/mol. The van der Waals surface area contributed by atoms with E-state index >= 15 is 0 Å². The molecule has 0 amide bonds. The van der Waals surface area contributed by atoms with Crippen LogP contribution in [0.15, 0.2) is 16.6 Å². The fourth-order valence-corrected chi connectivity index (χ4v) is 2.73. The van der Waals surface area contributed by atoms with Crippen LogP contribution in [0, 0.1) is 12.8 Å². The maximum atomic E-state index is 5.99. The van der Waals surface area contributed by atoms with Crippen LogP contribution in [-0.4, -0.2) is 26.4 Å². The van der Waals surface area contributed by atoms with Crippen molar-refractivity contribution in [2.24, 2.45) is 5.92 Å². The Bertz CT molecular complexity index is 421. The molecule has 0 aliphatic rings. The number of ether oxygens (including phenoxy) is 2. The van der Waals surface area contributed by atoms with E-state index in [-0.39, 0.29) is 0 Å². The second-order valence-electron chi connectivity index (χ2n) is 5.63. The fraction of sp³-hybridized carbons (Fsp3) is 0.647. The molecule has 0 spiro atoms. The topological polar surface area (TPSA) is 30.5 Å². The molecule has 0 unspecified atom stereocenters. The summed E-state index contributed by atoms with van der Waals surface area (Å²) in [6, 6.07) is 4.24. The Hall–Kier alpha value is -0.580. The lowest BCUT2D eigenvalue weighted by molar-refractivity contribution is 0.130. The van der Waals surface area contributed by atoms with Crippen molar-refractivity contribution >= 4 is 15.9 Å². The van der Waals surface area contributed by atoms with Gasteiger partial charge in [0.25, 0.3) is 0 Å². The highest BCUT2D eigenvalue weighted by Crippen LogP contribution is 2.28. The molecule has 120 valence electrons. The van der Waals surface area contributed by atoms with Gasteiger partial charge in [0, 0.05) is 36.2 Å². The molecule has 0 heterocycles. The van der Waals surface area contributed by atoms with E-state index in [1.807, 2.05) is 6.92 Å². The molecule has 3 nitrogen and oxygen atoms in total. The maximum absolute atomic E-state index is 5.99. The molecule has 1 rings (SSSR count). The van der Waals surface area contributed by atoms with Crippen LogP contribution in [0.5, 0.6) is 5.75 Å². The van der Waals surface area contributed by atoms with Crippen LogP contribution >= 0.6 is 15.9 Å². The van der Waals surface area contributed by atoms with Crippen molar-refractivity contribution in [2.45, 2.75) is 40.7 Å². The van der Waals surface area contributed by atoms with Crippen molar-refractivity contribution in [3.63, 3.8) is 0 Å². The zero-order chi connectivity index (χ0) is 15.7. The van der Waals surface area contributed by atoms with E-state index < -0.39 is 0 Å². The van der Waals surface area contributed by atoms with E-state index in [1.165, 1.54) is 11.1 Å². The molecule has 4 heteroatoms. The normalized spacial score (nSPS) is 11.1. The highest BCUT2D eigenvalue weighted by Gasteiger charge is 2.09. The quantitative estimate of drug-likeness (QED) is 0.633. The van der Waals surface area contributed by atoms with Gasteiger partial charge in [0.2, 0.25) is 0 Å². The van der Waals surface area contributed by atoms with Crippen molar-refractivity contribution in [1.29, 1.82) is 0 Å². The Balaban J connectivity index is 2.62. The highest BCUT2D eigenvalue weighted by atomic mass is 79.9. The molecule has 0 aromatic heterocycles. The predicted octanol–water partition coefficient (Wildman–Crippen LogP) is 4.31. The van der Waals surface area contributed by atoms with Crippen molar-refractivity contribution in [1.82, 2.24) is 5.32 Å². The second-order valence-corrected chi connectivity index (χ2v) is 6.55. The first-order chi connectivity index (χ1) is 10.0. The minimum Gasteiger partial charge on any atom is -0.493 e. The molecule has 0 radical (unpaired) electrons. The molecule has 0 aliphatic carbocycles. The Morgan fingerprint density at radius 3 is 2.67 bits per heavy atom. The third-order valence-corrected chi connectivity index (χ3v) is 3.53. The zero-order valence-electron chi connectivity index (χ0n) is 13.7. The Labute approximate surface area is 137 Å². The molecule has 1 aromatic rings. The summed E-state index contributed by atoms with van der Waals surface area (Å²) in [6.07, 6.45) is 0.919. The molecule has 21 heavy (non-hydrogen) atoms. The van der Waals surface area contributed by atoms with Crippen molar-refractivity contribution in [3.8, 4) is 5.75 Å². The van der Waals surface area contributed by atoms with Crippen LogP contribution in [0.4, 0.5) is 0 Å². The molecular formula is C17H28BrNO2. The van der Waals surface area contributed by atoms with E-state index in [9.17, 15) is 0 Å². The van der Waals surface area contributed by atoms with Crippen LogP contribution in [0.3, 0.4) is 0 Å². The second kappa shape index (κ2) is 10.2. The average Bonchev–Trinajstić information content (AvgIpc) is 2.40. The molecule has 0 saturated carbocycles. The van der Waals surface area contributed by atoms with Crippen LogP contribution in [0.2, 0.25) is 0 Å². The Morgan fingerprint density at radius 1 is 1.24 bits per heavy atom. The smallest absolute Gasteiger partial charge is 0.126 e. The lowest BCUT2D eigenvalue weighted by Gasteiger charge is -2.16. The van der Waals surface area contributed by atoms with Gasteiger partial charge in [0.05, 0.1) is 6.61 Å². The number of rotatable bonds is 10. The number of hydrogen-bond donors (Lipinski definition) is 1. The number of benzene rings is 1. The summed E-state index contributed by atoms with van der Waals surface area (Å²) < 4.78 is 12.4. The standard InChI is InChI=1S/C17H28BrNO2/c1-5-20-7-6-8-21-17-14(4)9-16(18)10-15(17)12-19-11-13(2)3/h9-10,13,19H,5-8,11-12H2,1-4H3. The van der Waals surface area contributed by atoms with Crippen LogP contribution < -0.4 is 10.1 Å². The van der Waals surface area contributed by atoms with Gasteiger partial charge in [0.1, 0.15) is 5.75 Å². The first-order valence-corrected chi connectivity index (χ1v) is 8.54. The summed E-state index contributed by atoms with van der Waals surface area (Å²) in [7, 11) is 0. The van der Waals surface area contributed by atoms with E-state index in [0.29, 0.717) is 12.5 Å². The summed E-state index contributed by atoms with van der Waals surface area (Å²) in [5.41, 5.74) is 2.38. The molecule has 1 aromatic carbocycles. The van der Waals surface area contributed by atoms with Crippen molar-refractivity contribution in [2.75, 3.05) is 26.4 Å². The van der Waals surface area contributed by atoms with E-state index in [2.05, 4.69) is 54.2 Å². The van der Waals surface area contributed by atoms with Crippen LogP contribution in [0.25, 0.3) is 0 Å². The van der Waals surface area contributed by atoms with Gasteiger partial charge >= 0.3 is 0 Å². The zero-order valence-corrected chi connectivity index (χ0v) is 15.3. The minimum absolute atomic E-state index is 0.647. The van der Waals surface area contributed by atoms with E-state index in [1.54, 1.807) is 0 Å². The van der Waals surface area contributed by atoms with E-state index in [4.69, 9.17) is 9.47 Å². The monoisotopic (exact) mass is 357 g/mol. The summed E-state index contributed by atoms with van der Waals surface area (Å²) in [4.78, 5) is 0. The van der Waals surface area contributed by atoms with Gasteiger partial charge in [-0.3, -0.25) is 0 Å². The molecule has 0 saturated heterocycles. The van der Waals surface area contributed by atoms with Crippen molar-refractivity contribution in [3.05, 3.63) is 27.7 Å². The van der Waals surface area contributed by atoms with Gasteiger partial charge in [-0.05, 0) is 44.0 Å². The Kier molecular flexibility index (Phi) is 8.97. The summed E-state index contributed by atoms with van der Waals surface area (Å²) >= 11 is 3.57. The summed E-state index contributed by atoms with van der Waals surface area (Å²) in [5, 5.41) is 3.48. The maximum Gasteiger partial charge on any atom is 0.126 e. The molecular weight excluding hydrogens is 330 g/mol. The molecule has 0 fully saturated rings. The predicted molar refractivity (Wildman–Crippen MR) is 92.0 cm³/mol. The highest BCUT2D eigenvalue weighted by molar-refractivity contribution is 9.10. The summed E-state index contributed by atoms with van der Waals surface area (Å²) in [6.45, 7) is 12.6. The van der Waals surface area contributed by atoms with Crippen LogP contribution in [0.1, 0.15) is 38.3 Å². The molecule has 0 atom stereocenters. The van der Waals surface area contributed by atoms with Gasteiger partial charge in [-0.25, -0.2) is 0 Å². The van der Waals surface area contributed by atoms with Crippen molar-refractivity contribution < 1.29 is 9.47 Å². The van der Waals surface area contributed by atoms with E-state index in [0.717, 1.165) is 42.9 Å². The Morgan fingerprint density at radius 2 is 2.00 bits per heavy atom. The van der Waals surface area contributed by atoms with Gasteiger partial charge in [-0.2, -0.15) is 0 Å². The van der Waals surface area contributed by atoms with Gasteiger partial charge in [0.15, 0.2) is 0 Å². The summed E-state index contributed by atoms with van der Waals surface area (Å²) in [5.74, 6) is 1.65. The van der Waals surface area contributed by atoms with Crippen LogP contribution in [-0.2, 0) is 11.3 Å². The number of nitrogens with one attached hydrogen (secondary N) is 1. The molecule has 1 N–H and O–H groups in total. The van der Waals surface area contributed by atoms with Gasteiger partial charge in [-0.1, -0.05) is 29.8 Å². The first kappa shape index (κ1) is 18.5. The lowest BCUT2D eigenvalue weighted by Crippen LogP contribution is -2.19. The first-order valence-electron chi connectivity index (χ1n) is 7.74. The molecule has 0 aliphatic heterocycles. The largest absolute Gasteiger partial charge is 0.493 e. The van der Waals surface area contributed by atoms with Gasteiger partial charge in [-0.15, -0.1) is 0 Å². The SMILES string of the molecule is CCOCCCOc1c(C)cc(Br)cc1CNCC(C)C. The minimum atomic E-state index is 0.647. The lowest BCUT2D eigenvalue weighted by atomic mass is 10.1. The fourth-order valence-electron chi connectivity index (χ4n) is 2.11. The third-order valence-electron chi connectivity index (χ3n) is 3.07. The third kappa shape index (κ3) is 7.30. The number of aryl methyl sites for hydroxylation is 1.